The van der Waals surface area contributed by atoms with Gasteiger partial charge in [0.2, 0.25) is 10.0 Å². The van der Waals surface area contributed by atoms with Crippen molar-refractivity contribution >= 4 is 19.9 Å². The fourth-order valence-corrected chi connectivity index (χ4v) is 3.52. The first-order chi connectivity index (χ1) is 10.7. The molecule has 0 spiro atoms. The summed E-state index contributed by atoms with van der Waals surface area (Å²) in [5.41, 5.74) is 0.780. The van der Waals surface area contributed by atoms with Crippen molar-refractivity contribution in [2.45, 2.75) is 16.3 Å². The molecule has 0 bridgehead atoms. The van der Waals surface area contributed by atoms with Gasteiger partial charge in [-0.1, -0.05) is 12.1 Å². The molecule has 6 nitrogen and oxygen atoms in total. The lowest BCUT2D eigenvalue weighted by Gasteiger charge is -2.08. The standard InChI is InChI=1S/C15H17NO5S2/c1-21-13-5-3-12(4-6-13)11-16-23(19,20)15-9-7-14(8-10-15)22(2,17)18/h3-10,16H,11H2,1-2H3. The van der Waals surface area contributed by atoms with E-state index in [0.29, 0.717) is 5.75 Å². The van der Waals surface area contributed by atoms with Crippen LogP contribution < -0.4 is 9.46 Å². The highest BCUT2D eigenvalue weighted by Crippen LogP contribution is 2.15. The van der Waals surface area contributed by atoms with Gasteiger partial charge in [0.25, 0.3) is 0 Å². The normalized spacial score (nSPS) is 12.1. The molecule has 2 aromatic rings. The Hall–Kier alpha value is -1.90. The van der Waals surface area contributed by atoms with Crippen LogP contribution in [0.4, 0.5) is 0 Å². The van der Waals surface area contributed by atoms with Crippen LogP contribution in [0.15, 0.2) is 58.3 Å². The van der Waals surface area contributed by atoms with Crippen molar-refractivity contribution in [2.24, 2.45) is 0 Å². The molecule has 0 aliphatic rings. The number of ether oxygens (including phenoxy) is 1. The molecule has 0 aromatic heterocycles. The van der Waals surface area contributed by atoms with Crippen LogP contribution in [0.1, 0.15) is 5.56 Å². The van der Waals surface area contributed by atoms with E-state index in [0.717, 1.165) is 11.8 Å². The molecule has 0 fully saturated rings. The Kier molecular flexibility index (Phi) is 5.08. The van der Waals surface area contributed by atoms with Crippen molar-refractivity contribution in [2.75, 3.05) is 13.4 Å². The summed E-state index contributed by atoms with van der Waals surface area (Å²) < 4.78 is 54.7. The molecule has 0 radical (unpaired) electrons. The van der Waals surface area contributed by atoms with Gasteiger partial charge in [-0.25, -0.2) is 21.6 Å². The molecule has 0 saturated carbocycles. The van der Waals surface area contributed by atoms with Crippen molar-refractivity contribution < 1.29 is 21.6 Å². The number of hydrogen-bond donors (Lipinski definition) is 1. The van der Waals surface area contributed by atoms with Gasteiger partial charge in [-0.15, -0.1) is 0 Å². The van der Waals surface area contributed by atoms with Gasteiger partial charge in [-0.05, 0) is 42.0 Å². The summed E-state index contributed by atoms with van der Waals surface area (Å²) in [6.07, 6.45) is 1.07. The molecule has 2 rings (SSSR count). The second-order valence-corrected chi connectivity index (χ2v) is 8.70. The molecule has 8 heteroatoms. The van der Waals surface area contributed by atoms with Crippen molar-refractivity contribution in [1.82, 2.24) is 4.72 Å². The van der Waals surface area contributed by atoms with Gasteiger partial charge in [0.15, 0.2) is 9.84 Å². The molecule has 0 aliphatic carbocycles. The molecule has 0 aliphatic heterocycles. The van der Waals surface area contributed by atoms with Crippen LogP contribution in [-0.2, 0) is 26.4 Å². The predicted molar refractivity (Wildman–Crippen MR) is 86.6 cm³/mol. The van der Waals surface area contributed by atoms with E-state index in [1.807, 2.05) is 0 Å². The average Bonchev–Trinajstić information content (AvgIpc) is 2.53. The Morgan fingerprint density at radius 1 is 0.870 bits per heavy atom. The third kappa shape index (κ3) is 4.54. The maximum atomic E-state index is 12.2. The van der Waals surface area contributed by atoms with Crippen LogP contribution in [-0.4, -0.2) is 30.2 Å². The summed E-state index contributed by atoms with van der Waals surface area (Å²) in [6, 6.07) is 12.1. The topological polar surface area (TPSA) is 89.5 Å². The van der Waals surface area contributed by atoms with Gasteiger partial charge in [-0.3, -0.25) is 0 Å². The molecule has 23 heavy (non-hydrogen) atoms. The smallest absolute Gasteiger partial charge is 0.240 e. The maximum absolute atomic E-state index is 12.2. The van der Waals surface area contributed by atoms with Gasteiger partial charge in [0, 0.05) is 12.8 Å². The molecule has 0 saturated heterocycles. The van der Waals surface area contributed by atoms with E-state index in [4.69, 9.17) is 4.74 Å². The zero-order valence-electron chi connectivity index (χ0n) is 12.7. The van der Waals surface area contributed by atoms with E-state index in [9.17, 15) is 16.8 Å². The number of sulfonamides is 1. The van der Waals surface area contributed by atoms with Crippen LogP contribution in [0, 0.1) is 0 Å². The Morgan fingerprint density at radius 2 is 1.39 bits per heavy atom. The van der Waals surface area contributed by atoms with Gasteiger partial charge in [-0.2, -0.15) is 0 Å². The molecule has 124 valence electrons. The number of hydrogen-bond acceptors (Lipinski definition) is 5. The van der Waals surface area contributed by atoms with Gasteiger partial charge in [0.05, 0.1) is 16.9 Å². The van der Waals surface area contributed by atoms with Crippen LogP contribution in [0.5, 0.6) is 5.75 Å². The molecule has 0 amide bonds. The SMILES string of the molecule is COc1ccc(CNS(=O)(=O)c2ccc(S(C)(=O)=O)cc2)cc1. The second kappa shape index (κ2) is 6.69. The first-order valence-electron chi connectivity index (χ1n) is 6.65. The fourth-order valence-electron chi connectivity index (χ4n) is 1.87. The van der Waals surface area contributed by atoms with Crippen LogP contribution in [0.2, 0.25) is 0 Å². The first-order valence-corrected chi connectivity index (χ1v) is 10.0. The van der Waals surface area contributed by atoms with Crippen LogP contribution in [0.25, 0.3) is 0 Å². The summed E-state index contributed by atoms with van der Waals surface area (Å²) >= 11 is 0. The maximum Gasteiger partial charge on any atom is 0.240 e. The highest BCUT2D eigenvalue weighted by molar-refractivity contribution is 7.90. The van der Waals surface area contributed by atoms with Crippen molar-refractivity contribution in [1.29, 1.82) is 0 Å². The van der Waals surface area contributed by atoms with E-state index < -0.39 is 19.9 Å². The lowest BCUT2D eigenvalue weighted by Crippen LogP contribution is -2.23. The quantitative estimate of drug-likeness (QED) is 0.850. The lowest BCUT2D eigenvalue weighted by atomic mass is 10.2. The molecule has 2 aromatic carbocycles. The summed E-state index contributed by atoms with van der Waals surface area (Å²) in [7, 11) is -5.51. The minimum absolute atomic E-state index is 0.0124. The van der Waals surface area contributed by atoms with E-state index in [2.05, 4.69) is 4.72 Å². The third-order valence-electron chi connectivity index (χ3n) is 3.19. The minimum Gasteiger partial charge on any atom is -0.497 e. The predicted octanol–water partition coefficient (Wildman–Crippen LogP) is 1.58. The zero-order chi connectivity index (χ0) is 17.1. The molecule has 1 N–H and O–H groups in total. The van der Waals surface area contributed by atoms with Crippen LogP contribution in [0.3, 0.4) is 0 Å². The fraction of sp³-hybridized carbons (Fsp3) is 0.200. The summed E-state index contributed by atoms with van der Waals surface area (Å²) in [5.74, 6) is 0.688. The van der Waals surface area contributed by atoms with E-state index in [-0.39, 0.29) is 16.3 Å². The van der Waals surface area contributed by atoms with Crippen molar-refractivity contribution in [3.8, 4) is 5.75 Å². The summed E-state index contributed by atoms with van der Waals surface area (Å²) in [5, 5.41) is 0. The Bertz CT molecular complexity index is 870. The van der Waals surface area contributed by atoms with Gasteiger partial charge < -0.3 is 4.74 Å². The van der Waals surface area contributed by atoms with Gasteiger partial charge >= 0.3 is 0 Å². The van der Waals surface area contributed by atoms with Crippen molar-refractivity contribution in [3.63, 3.8) is 0 Å². The van der Waals surface area contributed by atoms with E-state index >= 15 is 0 Å². The number of benzene rings is 2. The van der Waals surface area contributed by atoms with E-state index in [1.54, 1.807) is 31.4 Å². The molecule has 0 heterocycles. The lowest BCUT2D eigenvalue weighted by molar-refractivity contribution is 0.414. The average molecular weight is 355 g/mol. The van der Waals surface area contributed by atoms with Gasteiger partial charge in [0.1, 0.15) is 5.75 Å². The number of rotatable bonds is 6. The molecule has 0 unspecified atom stereocenters. The highest BCUT2D eigenvalue weighted by Gasteiger charge is 2.15. The number of methoxy groups -OCH3 is 1. The number of nitrogens with one attached hydrogen (secondary N) is 1. The third-order valence-corrected chi connectivity index (χ3v) is 5.73. The molecular formula is C15H17NO5S2. The second-order valence-electron chi connectivity index (χ2n) is 4.92. The van der Waals surface area contributed by atoms with E-state index in [1.165, 1.54) is 24.3 Å². The van der Waals surface area contributed by atoms with Crippen LogP contribution >= 0.6 is 0 Å². The first kappa shape index (κ1) is 17.5. The summed E-state index contributed by atoms with van der Waals surface area (Å²) in [6.45, 7) is 0.125. The Balaban J connectivity index is 2.12. The minimum atomic E-state index is -3.71. The number of sulfone groups is 1. The molecule has 0 atom stereocenters. The Labute approximate surface area is 136 Å². The van der Waals surface area contributed by atoms with Crippen molar-refractivity contribution in [3.05, 3.63) is 54.1 Å². The summed E-state index contributed by atoms with van der Waals surface area (Å²) in [4.78, 5) is 0.0880. The highest BCUT2D eigenvalue weighted by atomic mass is 32.2. The zero-order valence-corrected chi connectivity index (χ0v) is 14.3. The Morgan fingerprint density at radius 3 is 1.87 bits per heavy atom. The largest absolute Gasteiger partial charge is 0.497 e. The molecular weight excluding hydrogens is 338 g/mol. The monoisotopic (exact) mass is 355 g/mol.